The van der Waals surface area contributed by atoms with Crippen LogP contribution in [0.25, 0.3) is 0 Å². The van der Waals surface area contributed by atoms with Crippen molar-refractivity contribution in [1.29, 1.82) is 0 Å². The van der Waals surface area contributed by atoms with Gasteiger partial charge in [-0.15, -0.1) is 6.58 Å². The van der Waals surface area contributed by atoms with Crippen LogP contribution in [0.15, 0.2) is 24.8 Å². The zero-order chi connectivity index (χ0) is 12.8. The monoisotopic (exact) mass is 232 g/mol. The lowest BCUT2D eigenvalue weighted by molar-refractivity contribution is 0.315. The standard InChI is InChI=1S/C16H24O/c1-6-8-12(3)15-9-10-16(17-11-7-2)14(5)13(15)4/h6,9-10,12H,1,7-8,11H2,2-5H3. The molecule has 1 rings (SSSR count). The Labute approximate surface area is 106 Å². The van der Waals surface area contributed by atoms with E-state index in [9.17, 15) is 0 Å². The van der Waals surface area contributed by atoms with E-state index in [1.165, 1.54) is 16.7 Å². The third-order valence-electron chi connectivity index (χ3n) is 3.29. The van der Waals surface area contributed by atoms with Crippen molar-refractivity contribution in [2.24, 2.45) is 0 Å². The Balaban J connectivity index is 2.97. The van der Waals surface area contributed by atoms with Gasteiger partial charge in [0.1, 0.15) is 5.75 Å². The van der Waals surface area contributed by atoms with E-state index in [-0.39, 0.29) is 0 Å². The maximum atomic E-state index is 5.74. The van der Waals surface area contributed by atoms with E-state index in [2.05, 4.69) is 46.4 Å². The Morgan fingerprint density at radius 3 is 2.59 bits per heavy atom. The molecule has 1 nitrogen and oxygen atoms in total. The summed E-state index contributed by atoms with van der Waals surface area (Å²) in [5, 5.41) is 0. The summed E-state index contributed by atoms with van der Waals surface area (Å²) in [7, 11) is 0. The largest absolute Gasteiger partial charge is 0.493 e. The van der Waals surface area contributed by atoms with Gasteiger partial charge in [0.2, 0.25) is 0 Å². The van der Waals surface area contributed by atoms with Gasteiger partial charge in [-0.1, -0.05) is 26.0 Å². The lowest BCUT2D eigenvalue weighted by Gasteiger charge is -2.17. The first-order chi connectivity index (χ1) is 8.11. The smallest absolute Gasteiger partial charge is 0.122 e. The predicted molar refractivity (Wildman–Crippen MR) is 74.9 cm³/mol. The van der Waals surface area contributed by atoms with Crippen LogP contribution in [0.2, 0.25) is 0 Å². The fraction of sp³-hybridized carbons (Fsp3) is 0.500. The van der Waals surface area contributed by atoms with Crippen molar-refractivity contribution < 1.29 is 4.74 Å². The van der Waals surface area contributed by atoms with Gasteiger partial charge in [-0.05, 0) is 55.4 Å². The zero-order valence-electron chi connectivity index (χ0n) is 11.5. The molecule has 1 aromatic rings. The summed E-state index contributed by atoms with van der Waals surface area (Å²) in [6, 6.07) is 4.30. The molecule has 1 unspecified atom stereocenters. The van der Waals surface area contributed by atoms with Crippen LogP contribution in [0.1, 0.15) is 49.3 Å². The van der Waals surface area contributed by atoms with Crippen molar-refractivity contribution in [1.82, 2.24) is 0 Å². The molecular weight excluding hydrogens is 208 g/mol. The van der Waals surface area contributed by atoms with Crippen LogP contribution in [0.5, 0.6) is 5.75 Å². The van der Waals surface area contributed by atoms with E-state index in [4.69, 9.17) is 4.74 Å². The highest BCUT2D eigenvalue weighted by Crippen LogP contribution is 2.30. The lowest BCUT2D eigenvalue weighted by atomic mass is 9.91. The average Bonchev–Trinajstić information content (AvgIpc) is 2.31. The van der Waals surface area contributed by atoms with E-state index in [1.54, 1.807) is 0 Å². The molecule has 1 atom stereocenters. The predicted octanol–water partition coefficient (Wildman–Crippen LogP) is 4.77. The van der Waals surface area contributed by atoms with E-state index >= 15 is 0 Å². The van der Waals surface area contributed by atoms with E-state index in [1.807, 2.05) is 6.08 Å². The van der Waals surface area contributed by atoms with Crippen LogP contribution in [-0.4, -0.2) is 6.61 Å². The average molecular weight is 232 g/mol. The Bertz CT molecular complexity index is 379. The minimum atomic E-state index is 0.534. The van der Waals surface area contributed by atoms with Crippen LogP contribution >= 0.6 is 0 Å². The topological polar surface area (TPSA) is 9.23 Å². The summed E-state index contributed by atoms with van der Waals surface area (Å²) in [5.74, 6) is 1.56. The highest BCUT2D eigenvalue weighted by atomic mass is 16.5. The third-order valence-corrected chi connectivity index (χ3v) is 3.29. The normalized spacial score (nSPS) is 12.2. The first-order valence-corrected chi connectivity index (χ1v) is 6.45. The van der Waals surface area contributed by atoms with Gasteiger partial charge in [0.25, 0.3) is 0 Å². The van der Waals surface area contributed by atoms with E-state index < -0.39 is 0 Å². The summed E-state index contributed by atoms with van der Waals surface area (Å²) < 4.78 is 5.74. The molecule has 0 bridgehead atoms. The van der Waals surface area contributed by atoms with Crippen molar-refractivity contribution >= 4 is 0 Å². The second-order valence-corrected chi connectivity index (χ2v) is 4.68. The van der Waals surface area contributed by atoms with E-state index in [0.29, 0.717) is 5.92 Å². The minimum absolute atomic E-state index is 0.534. The molecule has 0 fully saturated rings. The summed E-state index contributed by atoms with van der Waals surface area (Å²) in [5.41, 5.74) is 4.03. The van der Waals surface area contributed by atoms with Crippen molar-refractivity contribution in [3.05, 3.63) is 41.5 Å². The van der Waals surface area contributed by atoms with Gasteiger partial charge in [-0.3, -0.25) is 0 Å². The molecule has 0 saturated carbocycles. The van der Waals surface area contributed by atoms with Gasteiger partial charge in [-0.2, -0.15) is 0 Å². The number of ether oxygens (including phenoxy) is 1. The molecule has 1 aromatic carbocycles. The SMILES string of the molecule is C=CCC(C)c1ccc(OCCC)c(C)c1C. The first kappa shape index (κ1) is 13.8. The molecule has 0 spiro atoms. The Kier molecular flexibility index (Phi) is 5.27. The first-order valence-electron chi connectivity index (χ1n) is 6.45. The number of benzene rings is 1. The molecule has 0 heterocycles. The van der Waals surface area contributed by atoms with Crippen molar-refractivity contribution in [3.63, 3.8) is 0 Å². The van der Waals surface area contributed by atoms with Gasteiger partial charge in [0, 0.05) is 0 Å². The molecular formula is C16H24O. The van der Waals surface area contributed by atoms with Crippen LogP contribution in [0, 0.1) is 13.8 Å². The fourth-order valence-corrected chi connectivity index (χ4v) is 2.10. The zero-order valence-corrected chi connectivity index (χ0v) is 11.5. The van der Waals surface area contributed by atoms with Gasteiger partial charge in [0.05, 0.1) is 6.61 Å². The molecule has 0 aliphatic carbocycles. The molecule has 0 radical (unpaired) electrons. The number of allylic oxidation sites excluding steroid dienone is 1. The minimum Gasteiger partial charge on any atom is -0.493 e. The molecule has 1 heteroatoms. The van der Waals surface area contributed by atoms with Crippen LogP contribution in [0.3, 0.4) is 0 Å². The Morgan fingerprint density at radius 1 is 1.29 bits per heavy atom. The van der Waals surface area contributed by atoms with Gasteiger partial charge >= 0.3 is 0 Å². The summed E-state index contributed by atoms with van der Waals surface area (Å²) >= 11 is 0. The molecule has 0 N–H and O–H groups in total. The van der Waals surface area contributed by atoms with Crippen LogP contribution in [0.4, 0.5) is 0 Å². The molecule has 0 aliphatic rings. The Hall–Kier alpha value is -1.24. The number of hydrogen-bond acceptors (Lipinski definition) is 1. The van der Waals surface area contributed by atoms with E-state index in [0.717, 1.165) is 25.2 Å². The lowest BCUT2D eigenvalue weighted by Crippen LogP contribution is -2.02. The molecule has 0 saturated heterocycles. The Morgan fingerprint density at radius 2 is 2.00 bits per heavy atom. The van der Waals surface area contributed by atoms with Crippen molar-refractivity contribution in [3.8, 4) is 5.75 Å². The molecule has 17 heavy (non-hydrogen) atoms. The second kappa shape index (κ2) is 6.48. The maximum Gasteiger partial charge on any atom is 0.122 e. The summed E-state index contributed by atoms with van der Waals surface area (Å²) in [6.07, 6.45) is 4.06. The highest BCUT2D eigenvalue weighted by molar-refractivity contribution is 5.45. The molecule has 94 valence electrons. The second-order valence-electron chi connectivity index (χ2n) is 4.68. The van der Waals surface area contributed by atoms with Crippen LogP contribution < -0.4 is 4.74 Å². The van der Waals surface area contributed by atoms with Crippen LogP contribution in [-0.2, 0) is 0 Å². The van der Waals surface area contributed by atoms with Crippen molar-refractivity contribution in [2.75, 3.05) is 6.61 Å². The van der Waals surface area contributed by atoms with Gasteiger partial charge in [0.15, 0.2) is 0 Å². The fourth-order valence-electron chi connectivity index (χ4n) is 2.10. The van der Waals surface area contributed by atoms with Gasteiger partial charge in [-0.25, -0.2) is 0 Å². The molecule has 0 amide bonds. The molecule has 0 aliphatic heterocycles. The number of rotatable bonds is 6. The number of hydrogen-bond donors (Lipinski definition) is 0. The van der Waals surface area contributed by atoms with Gasteiger partial charge < -0.3 is 4.74 Å². The summed E-state index contributed by atoms with van der Waals surface area (Å²) in [6.45, 7) is 13.3. The quantitative estimate of drug-likeness (QED) is 0.642. The molecule has 0 aromatic heterocycles. The van der Waals surface area contributed by atoms with Crippen molar-refractivity contribution in [2.45, 2.75) is 46.5 Å². The maximum absolute atomic E-state index is 5.74. The third kappa shape index (κ3) is 3.36. The summed E-state index contributed by atoms with van der Waals surface area (Å²) in [4.78, 5) is 0. The highest BCUT2D eigenvalue weighted by Gasteiger charge is 2.11.